The maximum Gasteiger partial charge on any atom is 0.0407 e. The summed E-state index contributed by atoms with van der Waals surface area (Å²) in [6, 6.07) is 8.16. The molecule has 0 aliphatic rings. The molecule has 2 nitrogen and oxygen atoms in total. The Kier molecular flexibility index (Phi) is 3.38. The van der Waals surface area contributed by atoms with Crippen molar-refractivity contribution in [1.29, 1.82) is 0 Å². The van der Waals surface area contributed by atoms with Crippen molar-refractivity contribution < 1.29 is 19.5 Å². The molecule has 0 N–H and O–H groups in total. The summed E-state index contributed by atoms with van der Waals surface area (Å²) in [5.41, 5.74) is 2.36. The summed E-state index contributed by atoms with van der Waals surface area (Å²) in [7, 11) is 0. The van der Waals surface area contributed by atoms with Gasteiger partial charge in [0.15, 0.2) is 0 Å². The van der Waals surface area contributed by atoms with E-state index < -0.39 is 0 Å². The molecule has 0 radical (unpaired) electrons. The van der Waals surface area contributed by atoms with Crippen molar-refractivity contribution in [3.63, 3.8) is 0 Å². The van der Waals surface area contributed by atoms with Crippen LogP contribution in [0.3, 0.4) is 0 Å². The number of nitrogens with zero attached hydrogens (tertiary/aromatic N) is 2. The fourth-order valence-corrected chi connectivity index (χ4v) is 1.20. The molecule has 2 rings (SSSR count). The van der Waals surface area contributed by atoms with Gasteiger partial charge in [-0.2, -0.15) is 0 Å². The maximum absolute atomic E-state index is 3.88. The third-order valence-electron chi connectivity index (χ3n) is 1.83. The number of hydrogen-bond acceptors (Lipinski definition) is 1. The molecule has 0 amide bonds. The van der Waals surface area contributed by atoms with Crippen LogP contribution in [0.4, 0.5) is 0 Å². The number of aromatic nitrogens is 2. The Labute approximate surface area is 90.4 Å². The van der Waals surface area contributed by atoms with Crippen LogP contribution in [0.1, 0.15) is 5.56 Å². The maximum atomic E-state index is 3.88. The Bertz CT molecular complexity index is 368. The Morgan fingerprint density at radius 3 is 2.69 bits per heavy atom. The van der Waals surface area contributed by atoms with Crippen LogP contribution in [0.5, 0.6) is 0 Å². The van der Waals surface area contributed by atoms with Gasteiger partial charge in [-0.1, -0.05) is 42.2 Å². The van der Waals surface area contributed by atoms with E-state index in [1.165, 1.54) is 5.56 Å². The summed E-state index contributed by atoms with van der Waals surface area (Å²) >= 11 is 0. The van der Waals surface area contributed by atoms with E-state index >= 15 is 0 Å². The molecule has 0 bridgehead atoms. The van der Waals surface area contributed by atoms with Crippen LogP contribution in [0, 0.1) is 13.3 Å². The van der Waals surface area contributed by atoms with Gasteiger partial charge in [-0.15, -0.1) is 0 Å². The molecular formula is C10H9N2Zn-. The number of aryl methyl sites for hydroxylation is 1. The number of para-hydroxylation sites is 1. The van der Waals surface area contributed by atoms with Crippen molar-refractivity contribution >= 4 is 0 Å². The van der Waals surface area contributed by atoms with Crippen molar-refractivity contribution in [3.8, 4) is 5.69 Å². The van der Waals surface area contributed by atoms with E-state index in [4.69, 9.17) is 0 Å². The summed E-state index contributed by atoms with van der Waals surface area (Å²) < 4.78 is 1.88. The summed E-state index contributed by atoms with van der Waals surface area (Å²) in [4.78, 5) is 3.88. The van der Waals surface area contributed by atoms with Crippen LogP contribution >= 0.6 is 0 Å². The molecule has 3 heteroatoms. The number of hydrogen-bond donors (Lipinski definition) is 0. The number of benzene rings is 1. The summed E-state index contributed by atoms with van der Waals surface area (Å²) in [5, 5.41) is 0. The topological polar surface area (TPSA) is 17.8 Å². The van der Waals surface area contributed by atoms with Gasteiger partial charge >= 0.3 is 0 Å². The second kappa shape index (κ2) is 4.33. The molecule has 2 aromatic rings. The van der Waals surface area contributed by atoms with Crippen LogP contribution < -0.4 is 0 Å². The number of rotatable bonds is 1. The van der Waals surface area contributed by atoms with E-state index in [2.05, 4.69) is 24.3 Å². The van der Waals surface area contributed by atoms with Gasteiger partial charge in [0, 0.05) is 25.8 Å². The van der Waals surface area contributed by atoms with Gasteiger partial charge < -0.3 is 9.55 Å². The zero-order chi connectivity index (χ0) is 8.39. The molecule has 0 saturated heterocycles. The van der Waals surface area contributed by atoms with Crippen molar-refractivity contribution in [2.45, 2.75) is 6.92 Å². The third-order valence-corrected chi connectivity index (χ3v) is 1.83. The van der Waals surface area contributed by atoms with Crippen LogP contribution in [0.2, 0.25) is 0 Å². The minimum atomic E-state index is 0. The zero-order valence-corrected chi connectivity index (χ0v) is 10.5. The fourth-order valence-electron chi connectivity index (χ4n) is 1.20. The normalized spacial score (nSPS) is 9.31. The molecule has 1 aromatic heterocycles. The van der Waals surface area contributed by atoms with Crippen LogP contribution in [0.15, 0.2) is 36.7 Å². The second-order valence-electron chi connectivity index (χ2n) is 2.68. The fraction of sp³-hybridized carbons (Fsp3) is 0.100. The van der Waals surface area contributed by atoms with E-state index in [0.29, 0.717) is 0 Å². The van der Waals surface area contributed by atoms with Gasteiger partial charge in [0.05, 0.1) is 0 Å². The molecule has 0 atom stereocenters. The average Bonchev–Trinajstić information content (AvgIpc) is 2.57. The first kappa shape index (κ1) is 10.1. The molecule has 62 valence electrons. The minimum absolute atomic E-state index is 0. The van der Waals surface area contributed by atoms with Crippen LogP contribution in [0.25, 0.3) is 5.69 Å². The molecular weight excluding hydrogens is 214 g/mol. The molecule has 0 spiro atoms. The van der Waals surface area contributed by atoms with Gasteiger partial charge in [0.1, 0.15) is 0 Å². The number of imidazole rings is 1. The van der Waals surface area contributed by atoms with Gasteiger partial charge in [-0.3, -0.25) is 0 Å². The van der Waals surface area contributed by atoms with Gasteiger partial charge in [-0.05, 0) is 12.6 Å². The van der Waals surface area contributed by atoms with Gasteiger partial charge in [0.2, 0.25) is 0 Å². The third kappa shape index (κ3) is 2.04. The molecule has 1 heterocycles. The van der Waals surface area contributed by atoms with Crippen LogP contribution in [-0.2, 0) is 19.5 Å². The van der Waals surface area contributed by atoms with E-state index in [-0.39, 0.29) is 19.5 Å². The molecule has 0 aliphatic heterocycles. The first-order chi connectivity index (χ1) is 5.88. The largest absolute Gasteiger partial charge is 0.433 e. The summed E-state index contributed by atoms with van der Waals surface area (Å²) in [6.45, 7) is 2.07. The Morgan fingerprint density at radius 1 is 1.31 bits per heavy atom. The summed E-state index contributed by atoms with van der Waals surface area (Å²) in [5.74, 6) is 0. The molecule has 0 fully saturated rings. The molecule has 13 heavy (non-hydrogen) atoms. The predicted octanol–water partition coefficient (Wildman–Crippen LogP) is 1.98. The molecule has 0 aliphatic carbocycles. The zero-order valence-electron chi connectivity index (χ0n) is 7.57. The van der Waals surface area contributed by atoms with E-state index in [9.17, 15) is 0 Å². The monoisotopic (exact) mass is 221 g/mol. The van der Waals surface area contributed by atoms with Crippen molar-refractivity contribution in [2.75, 3.05) is 0 Å². The Balaban J connectivity index is 0.000000845. The molecule has 1 aromatic carbocycles. The Hall–Kier alpha value is -0.947. The van der Waals surface area contributed by atoms with E-state index in [1.54, 1.807) is 6.20 Å². The quantitative estimate of drug-likeness (QED) is 0.533. The molecule has 0 saturated carbocycles. The van der Waals surface area contributed by atoms with Crippen molar-refractivity contribution in [3.05, 3.63) is 48.5 Å². The average molecular weight is 223 g/mol. The second-order valence-corrected chi connectivity index (χ2v) is 2.68. The van der Waals surface area contributed by atoms with Gasteiger partial charge in [0.25, 0.3) is 0 Å². The first-order valence-electron chi connectivity index (χ1n) is 3.85. The van der Waals surface area contributed by atoms with Crippen molar-refractivity contribution in [2.24, 2.45) is 0 Å². The Morgan fingerprint density at radius 2 is 2.08 bits per heavy atom. The van der Waals surface area contributed by atoms with Gasteiger partial charge in [-0.25, -0.2) is 0 Å². The van der Waals surface area contributed by atoms with E-state index in [1.807, 2.05) is 29.0 Å². The minimum Gasteiger partial charge on any atom is -0.433 e. The standard InChI is InChI=1S/C10H9N2.Zn/c1-9-4-2-3-5-10(9)12-7-6-11-8-12;/h2-7H,1H3;/q-1;. The predicted molar refractivity (Wildman–Crippen MR) is 47.1 cm³/mol. The van der Waals surface area contributed by atoms with Crippen LogP contribution in [-0.4, -0.2) is 9.55 Å². The molecule has 0 unspecified atom stereocenters. The summed E-state index contributed by atoms with van der Waals surface area (Å²) in [6.07, 6.45) is 6.48. The van der Waals surface area contributed by atoms with E-state index in [0.717, 1.165) is 5.69 Å². The first-order valence-corrected chi connectivity index (χ1v) is 3.85. The van der Waals surface area contributed by atoms with Crippen molar-refractivity contribution in [1.82, 2.24) is 9.55 Å². The smallest absolute Gasteiger partial charge is 0.0407 e. The SMILES string of the molecule is Cc1ccccc1-n1[c-]ncc1.[Zn].